The third-order valence-corrected chi connectivity index (χ3v) is 5.48. The van der Waals surface area contributed by atoms with E-state index < -0.39 is 0 Å². The standard InChI is InChI=1S/C17H21N5OS/c1-11-16(12(2)21(3)20-11)14-5-4-7-22(14)10-15(23)19-17-13(9-18)6-8-24-17/h6,8,14H,4-5,7,10H2,1-3H3,(H,19,23). The molecule has 0 aliphatic carbocycles. The van der Waals surface area contributed by atoms with E-state index in [4.69, 9.17) is 5.26 Å². The zero-order valence-corrected chi connectivity index (χ0v) is 15.0. The summed E-state index contributed by atoms with van der Waals surface area (Å²) in [6.45, 7) is 5.35. The van der Waals surface area contributed by atoms with Crippen LogP contribution in [0.2, 0.25) is 0 Å². The van der Waals surface area contributed by atoms with E-state index in [0.717, 1.165) is 30.8 Å². The van der Waals surface area contributed by atoms with Crippen LogP contribution in [0.5, 0.6) is 0 Å². The molecule has 1 amide bonds. The Bertz CT molecular complexity index is 800. The van der Waals surface area contributed by atoms with Gasteiger partial charge in [-0.05, 0) is 44.7 Å². The van der Waals surface area contributed by atoms with Gasteiger partial charge in [-0.15, -0.1) is 11.3 Å². The van der Waals surface area contributed by atoms with Crippen LogP contribution >= 0.6 is 11.3 Å². The van der Waals surface area contributed by atoms with Gasteiger partial charge in [-0.3, -0.25) is 14.4 Å². The maximum absolute atomic E-state index is 12.4. The van der Waals surface area contributed by atoms with E-state index in [9.17, 15) is 4.79 Å². The topological polar surface area (TPSA) is 74.0 Å². The van der Waals surface area contributed by atoms with Crippen LogP contribution in [0, 0.1) is 25.2 Å². The largest absolute Gasteiger partial charge is 0.315 e. The minimum Gasteiger partial charge on any atom is -0.315 e. The summed E-state index contributed by atoms with van der Waals surface area (Å²) in [6.07, 6.45) is 2.12. The number of anilines is 1. The number of nitriles is 1. The molecule has 6 nitrogen and oxygen atoms in total. The van der Waals surface area contributed by atoms with Gasteiger partial charge in [0.2, 0.25) is 5.91 Å². The normalized spacial score (nSPS) is 17.8. The molecule has 1 N–H and O–H groups in total. The van der Waals surface area contributed by atoms with E-state index in [-0.39, 0.29) is 11.9 Å². The van der Waals surface area contributed by atoms with E-state index in [1.165, 1.54) is 16.9 Å². The quantitative estimate of drug-likeness (QED) is 0.926. The fourth-order valence-corrected chi connectivity index (χ4v) is 4.21. The summed E-state index contributed by atoms with van der Waals surface area (Å²) in [5.74, 6) is -0.0694. The lowest BCUT2D eigenvalue weighted by Gasteiger charge is -2.24. The molecule has 0 bridgehead atoms. The lowest BCUT2D eigenvalue weighted by Crippen LogP contribution is -2.33. The summed E-state index contributed by atoms with van der Waals surface area (Å²) in [4.78, 5) is 14.6. The molecule has 3 heterocycles. The van der Waals surface area contributed by atoms with E-state index in [1.54, 1.807) is 6.07 Å². The van der Waals surface area contributed by atoms with E-state index in [0.29, 0.717) is 17.1 Å². The molecule has 3 rings (SSSR count). The van der Waals surface area contributed by atoms with Crippen LogP contribution in [-0.2, 0) is 11.8 Å². The van der Waals surface area contributed by atoms with Gasteiger partial charge in [0, 0.05) is 24.3 Å². The fourth-order valence-electron chi connectivity index (χ4n) is 3.46. The van der Waals surface area contributed by atoms with Gasteiger partial charge in [0.15, 0.2) is 0 Å². The van der Waals surface area contributed by atoms with Crippen molar-refractivity contribution in [1.82, 2.24) is 14.7 Å². The molecule has 1 atom stereocenters. The second kappa shape index (κ2) is 6.75. The molecular weight excluding hydrogens is 322 g/mol. The molecule has 24 heavy (non-hydrogen) atoms. The first-order chi connectivity index (χ1) is 11.5. The molecule has 0 aromatic carbocycles. The van der Waals surface area contributed by atoms with Crippen molar-refractivity contribution < 1.29 is 4.79 Å². The van der Waals surface area contributed by atoms with Crippen molar-refractivity contribution >= 4 is 22.2 Å². The van der Waals surface area contributed by atoms with Gasteiger partial charge >= 0.3 is 0 Å². The van der Waals surface area contributed by atoms with Crippen LogP contribution in [0.25, 0.3) is 0 Å². The van der Waals surface area contributed by atoms with Crippen LogP contribution in [0.15, 0.2) is 11.4 Å². The number of hydrogen-bond acceptors (Lipinski definition) is 5. The Morgan fingerprint density at radius 1 is 1.54 bits per heavy atom. The van der Waals surface area contributed by atoms with Crippen LogP contribution < -0.4 is 5.32 Å². The molecule has 1 aliphatic rings. The second-order valence-corrected chi connectivity index (χ2v) is 7.08. The highest BCUT2D eigenvalue weighted by atomic mass is 32.1. The summed E-state index contributed by atoms with van der Waals surface area (Å²) in [6, 6.07) is 4.06. The predicted molar refractivity (Wildman–Crippen MR) is 93.9 cm³/mol. The maximum Gasteiger partial charge on any atom is 0.239 e. The maximum atomic E-state index is 12.4. The van der Waals surface area contributed by atoms with Crippen LogP contribution in [0.3, 0.4) is 0 Å². The molecule has 0 saturated carbocycles. The zero-order valence-electron chi connectivity index (χ0n) is 14.2. The molecule has 0 radical (unpaired) electrons. The van der Waals surface area contributed by atoms with Crippen molar-refractivity contribution in [2.24, 2.45) is 7.05 Å². The third kappa shape index (κ3) is 3.07. The number of carbonyl (C=O) groups is 1. The Balaban J connectivity index is 1.72. The number of rotatable bonds is 4. The van der Waals surface area contributed by atoms with Gasteiger partial charge in [-0.2, -0.15) is 10.4 Å². The highest BCUT2D eigenvalue weighted by molar-refractivity contribution is 7.14. The number of nitrogens with one attached hydrogen (secondary N) is 1. The van der Waals surface area contributed by atoms with Crippen molar-refractivity contribution in [2.45, 2.75) is 32.7 Å². The molecule has 1 unspecified atom stereocenters. The first-order valence-electron chi connectivity index (χ1n) is 8.03. The Labute approximate surface area is 145 Å². The number of carbonyl (C=O) groups excluding carboxylic acids is 1. The monoisotopic (exact) mass is 343 g/mol. The van der Waals surface area contributed by atoms with E-state index in [2.05, 4.69) is 28.3 Å². The third-order valence-electron chi connectivity index (χ3n) is 4.65. The Morgan fingerprint density at radius 3 is 3.00 bits per heavy atom. The molecule has 0 spiro atoms. The molecule has 2 aromatic rings. The van der Waals surface area contributed by atoms with Crippen molar-refractivity contribution in [1.29, 1.82) is 5.26 Å². The second-order valence-electron chi connectivity index (χ2n) is 6.16. The van der Waals surface area contributed by atoms with Gasteiger partial charge < -0.3 is 5.32 Å². The average molecular weight is 343 g/mol. The van der Waals surface area contributed by atoms with Crippen molar-refractivity contribution in [3.63, 3.8) is 0 Å². The Morgan fingerprint density at radius 2 is 2.33 bits per heavy atom. The predicted octanol–water partition coefficient (Wildman–Crippen LogP) is 2.75. The molecule has 126 valence electrons. The van der Waals surface area contributed by atoms with Crippen molar-refractivity contribution in [3.8, 4) is 6.07 Å². The summed E-state index contributed by atoms with van der Waals surface area (Å²) >= 11 is 1.38. The number of nitrogens with zero attached hydrogens (tertiary/aromatic N) is 4. The highest BCUT2D eigenvalue weighted by Gasteiger charge is 2.31. The van der Waals surface area contributed by atoms with Gasteiger partial charge in [0.05, 0.1) is 17.8 Å². The summed E-state index contributed by atoms with van der Waals surface area (Å²) in [5, 5.41) is 18.9. The minimum atomic E-state index is -0.0694. The summed E-state index contributed by atoms with van der Waals surface area (Å²) in [7, 11) is 1.96. The van der Waals surface area contributed by atoms with E-state index in [1.807, 2.05) is 24.0 Å². The highest BCUT2D eigenvalue weighted by Crippen LogP contribution is 2.35. The molecular formula is C17H21N5OS. The molecule has 1 fully saturated rings. The molecule has 1 aliphatic heterocycles. The number of thiophene rings is 1. The van der Waals surface area contributed by atoms with Gasteiger partial charge in [0.25, 0.3) is 0 Å². The zero-order chi connectivity index (χ0) is 17.3. The summed E-state index contributed by atoms with van der Waals surface area (Å²) in [5.41, 5.74) is 3.97. The van der Waals surface area contributed by atoms with Crippen molar-refractivity contribution in [3.05, 3.63) is 34.0 Å². The number of aromatic nitrogens is 2. The lowest BCUT2D eigenvalue weighted by atomic mass is 10.0. The first kappa shape index (κ1) is 16.7. The van der Waals surface area contributed by atoms with Crippen molar-refractivity contribution in [2.75, 3.05) is 18.4 Å². The number of aryl methyl sites for hydroxylation is 2. The average Bonchev–Trinajstić information content (AvgIpc) is 3.21. The SMILES string of the molecule is Cc1nn(C)c(C)c1C1CCCN1CC(=O)Nc1sccc1C#N. The van der Waals surface area contributed by atoms with Gasteiger partial charge in [-0.1, -0.05) is 0 Å². The lowest BCUT2D eigenvalue weighted by molar-refractivity contribution is -0.117. The fraction of sp³-hybridized carbons (Fsp3) is 0.471. The summed E-state index contributed by atoms with van der Waals surface area (Å²) < 4.78 is 1.91. The first-order valence-corrected chi connectivity index (χ1v) is 8.90. The van der Waals surface area contributed by atoms with Crippen LogP contribution in [0.4, 0.5) is 5.00 Å². The number of amides is 1. The molecule has 1 saturated heterocycles. The Hall–Kier alpha value is -2.17. The molecule has 2 aromatic heterocycles. The van der Waals surface area contributed by atoms with Gasteiger partial charge in [-0.25, -0.2) is 0 Å². The molecule has 7 heteroatoms. The smallest absolute Gasteiger partial charge is 0.239 e. The van der Waals surface area contributed by atoms with E-state index >= 15 is 0 Å². The number of likely N-dealkylation sites (tertiary alicyclic amines) is 1. The minimum absolute atomic E-state index is 0.0694. The Kier molecular flexibility index (Phi) is 4.69. The number of hydrogen-bond donors (Lipinski definition) is 1. The van der Waals surface area contributed by atoms with Crippen LogP contribution in [-0.4, -0.2) is 33.7 Å². The van der Waals surface area contributed by atoms with Crippen LogP contribution in [0.1, 0.15) is 41.4 Å². The van der Waals surface area contributed by atoms with Gasteiger partial charge in [0.1, 0.15) is 11.1 Å².